The zero-order chi connectivity index (χ0) is 13.9. The van der Waals surface area contributed by atoms with Crippen molar-refractivity contribution in [1.29, 1.82) is 0 Å². The van der Waals surface area contributed by atoms with Gasteiger partial charge in [0.1, 0.15) is 0 Å². The number of rotatable bonds is 0. The summed E-state index contributed by atoms with van der Waals surface area (Å²) in [4.78, 5) is 1.19. The Labute approximate surface area is 134 Å². The van der Waals surface area contributed by atoms with E-state index in [0.29, 0.717) is 5.56 Å². The first-order valence-electron chi connectivity index (χ1n) is 6.55. The molecule has 0 spiro atoms. The lowest BCUT2D eigenvalue weighted by molar-refractivity contribution is 0.477. The van der Waals surface area contributed by atoms with Crippen LogP contribution in [0, 0.1) is 11.6 Å². The predicted molar refractivity (Wildman–Crippen MR) is 85.4 cm³/mol. The average Bonchev–Trinajstić information content (AvgIpc) is 2.66. The number of halogens is 3. The molecule has 0 saturated carbocycles. The third kappa shape index (κ3) is 1.64. The third-order valence-corrected chi connectivity index (χ3v) is 7.28. The van der Waals surface area contributed by atoms with Gasteiger partial charge in [0.2, 0.25) is 0 Å². The van der Waals surface area contributed by atoms with E-state index in [0.717, 1.165) is 18.4 Å². The SMILES string of the molecule is Fc1ccc2c(c1F)C1CCC2(I)c2ccccc2S1. The molecular weight excluding hydrogens is 389 g/mol. The summed E-state index contributed by atoms with van der Waals surface area (Å²) < 4.78 is 27.7. The van der Waals surface area contributed by atoms with Crippen LogP contribution >= 0.6 is 34.4 Å². The van der Waals surface area contributed by atoms with Crippen molar-refractivity contribution in [3.8, 4) is 0 Å². The summed E-state index contributed by atoms with van der Waals surface area (Å²) >= 11 is 4.10. The topological polar surface area (TPSA) is 0 Å². The summed E-state index contributed by atoms with van der Waals surface area (Å²) in [5.41, 5.74) is 2.76. The first kappa shape index (κ1) is 13.1. The molecule has 0 radical (unpaired) electrons. The van der Waals surface area contributed by atoms with Crippen LogP contribution in [-0.2, 0) is 3.42 Å². The maximum absolute atomic E-state index is 14.3. The van der Waals surface area contributed by atoms with Crippen LogP contribution in [0.2, 0.25) is 0 Å². The van der Waals surface area contributed by atoms with Gasteiger partial charge >= 0.3 is 0 Å². The monoisotopic (exact) mass is 400 g/mol. The normalized spacial score (nSPS) is 26.9. The number of hydrogen-bond acceptors (Lipinski definition) is 1. The molecule has 4 heteroatoms. The third-order valence-electron chi connectivity index (χ3n) is 4.22. The molecule has 0 saturated heterocycles. The lowest BCUT2D eigenvalue weighted by atomic mass is 9.78. The van der Waals surface area contributed by atoms with Crippen LogP contribution in [0.3, 0.4) is 0 Å². The molecule has 20 heavy (non-hydrogen) atoms. The van der Waals surface area contributed by atoms with Gasteiger partial charge in [-0.2, -0.15) is 0 Å². The Kier molecular flexibility index (Phi) is 2.90. The average molecular weight is 400 g/mol. The van der Waals surface area contributed by atoms with Crippen molar-refractivity contribution in [2.45, 2.75) is 26.4 Å². The van der Waals surface area contributed by atoms with Crippen LogP contribution in [0.5, 0.6) is 0 Å². The van der Waals surface area contributed by atoms with Crippen molar-refractivity contribution in [3.63, 3.8) is 0 Å². The summed E-state index contributed by atoms with van der Waals surface area (Å²) in [5, 5.41) is 0.0206. The van der Waals surface area contributed by atoms with Crippen LogP contribution in [0.1, 0.15) is 34.8 Å². The Morgan fingerprint density at radius 3 is 2.75 bits per heavy atom. The van der Waals surface area contributed by atoms with Gasteiger partial charge < -0.3 is 0 Å². The molecule has 0 N–H and O–H groups in total. The minimum atomic E-state index is -0.735. The van der Waals surface area contributed by atoms with E-state index in [1.807, 2.05) is 12.1 Å². The molecule has 0 nitrogen and oxygen atoms in total. The Balaban J connectivity index is 2.08. The second kappa shape index (κ2) is 4.44. The maximum Gasteiger partial charge on any atom is 0.163 e. The Bertz CT molecular complexity index is 716. The van der Waals surface area contributed by atoms with Crippen LogP contribution < -0.4 is 0 Å². The van der Waals surface area contributed by atoms with E-state index in [-0.39, 0.29) is 8.67 Å². The summed E-state index contributed by atoms with van der Waals surface area (Å²) in [5.74, 6) is -1.39. The lowest BCUT2D eigenvalue weighted by Gasteiger charge is -2.35. The molecule has 0 aromatic heterocycles. The molecule has 2 unspecified atom stereocenters. The van der Waals surface area contributed by atoms with Gasteiger partial charge in [-0.15, -0.1) is 11.8 Å². The highest BCUT2D eigenvalue weighted by Crippen LogP contribution is 2.61. The second-order valence-corrected chi connectivity index (χ2v) is 8.35. The molecule has 5 rings (SSSR count). The molecular formula is C16H11F2IS. The van der Waals surface area contributed by atoms with E-state index in [1.54, 1.807) is 17.8 Å². The molecule has 0 amide bonds. The second-order valence-electron chi connectivity index (χ2n) is 5.27. The molecule has 3 aliphatic rings. The fraction of sp³-hybridized carbons (Fsp3) is 0.250. The van der Waals surface area contributed by atoms with Gasteiger partial charge in [-0.05, 0) is 36.1 Å². The highest BCUT2D eigenvalue weighted by atomic mass is 127. The zero-order valence-electron chi connectivity index (χ0n) is 10.5. The van der Waals surface area contributed by atoms with E-state index >= 15 is 0 Å². The van der Waals surface area contributed by atoms with Crippen LogP contribution in [0.4, 0.5) is 8.78 Å². The van der Waals surface area contributed by atoms with E-state index < -0.39 is 11.6 Å². The first-order chi connectivity index (χ1) is 9.61. The lowest BCUT2D eigenvalue weighted by Crippen LogP contribution is -2.26. The Morgan fingerprint density at radius 2 is 1.90 bits per heavy atom. The molecule has 102 valence electrons. The van der Waals surface area contributed by atoms with Crippen LogP contribution in [0.25, 0.3) is 0 Å². The summed E-state index contributed by atoms with van der Waals surface area (Å²) in [6.45, 7) is 0. The standard InChI is InChI=1S/C16H11F2IS/c17-11-6-5-10-14(15(11)18)13-7-8-16(10,19)9-3-1-2-4-12(9)20-13/h1-6,13H,7-8H2. The number of benzene rings is 2. The molecule has 2 bridgehead atoms. The Hall–Kier alpha value is -0.620. The quantitative estimate of drug-likeness (QED) is 0.411. The van der Waals surface area contributed by atoms with Gasteiger partial charge in [0, 0.05) is 15.7 Å². The molecule has 0 fully saturated rings. The van der Waals surface area contributed by atoms with Crippen molar-refractivity contribution in [2.24, 2.45) is 0 Å². The molecule has 2 aromatic rings. The van der Waals surface area contributed by atoms with E-state index in [1.165, 1.54) is 16.5 Å². The maximum atomic E-state index is 14.3. The molecule has 2 atom stereocenters. The van der Waals surface area contributed by atoms with Crippen molar-refractivity contribution < 1.29 is 8.78 Å². The molecule has 2 heterocycles. The summed E-state index contributed by atoms with van der Waals surface area (Å²) in [6, 6.07) is 11.3. The van der Waals surface area contributed by atoms with Crippen molar-refractivity contribution in [1.82, 2.24) is 0 Å². The highest BCUT2D eigenvalue weighted by molar-refractivity contribution is 14.1. The fourth-order valence-corrected chi connectivity index (χ4v) is 6.14. The molecule has 1 aliphatic carbocycles. The number of thioether (sulfide) groups is 1. The number of fused-ring (bicyclic) bond motifs is 1. The predicted octanol–water partition coefficient (Wildman–Crippen LogP) is 5.58. The van der Waals surface area contributed by atoms with Gasteiger partial charge in [-0.25, -0.2) is 8.78 Å². The highest BCUT2D eigenvalue weighted by Gasteiger charge is 2.45. The minimum absolute atomic E-state index is 0.0206. The summed E-state index contributed by atoms with van der Waals surface area (Å²) in [6.07, 6.45) is 1.86. The van der Waals surface area contributed by atoms with E-state index in [4.69, 9.17) is 0 Å². The summed E-state index contributed by atoms with van der Waals surface area (Å²) in [7, 11) is 0. The fourth-order valence-electron chi connectivity index (χ4n) is 3.28. The van der Waals surface area contributed by atoms with Crippen LogP contribution in [0.15, 0.2) is 41.3 Å². The van der Waals surface area contributed by atoms with Crippen molar-refractivity contribution in [3.05, 3.63) is 64.7 Å². The smallest absolute Gasteiger partial charge is 0.163 e. The zero-order valence-corrected chi connectivity index (χ0v) is 13.5. The van der Waals surface area contributed by atoms with Gasteiger partial charge in [-0.1, -0.05) is 46.9 Å². The van der Waals surface area contributed by atoms with Crippen LogP contribution in [-0.4, -0.2) is 0 Å². The largest absolute Gasteiger partial charge is 0.204 e. The number of hydrogen-bond donors (Lipinski definition) is 0. The molecule has 2 aromatic carbocycles. The Morgan fingerprint density at radius 1 is 1.10 bits per heavy atom. The molecule has 2 aliphatic heterocycles. The van der Waals surface area contributed by atoms with Gasteiger partial charge in [0.15, 0.2) is 11.6 Å². The van der Waals surface area contributed by atoms with Gasteiger partial charge in [0.05, 0.1) is 3.42 Å². The minimum Gasteiger partial charge on any atom is -0.204 e. The van der Waals surface area contributed by atoms with Crippen molar-refractivity contribution >= 4 is 34.4 Å². The number of alkyl halides is 1. The first-order valence-corrected chi connectivity index (χ1v) is 8.50. The van der Waals surface area contributed by atoms with E-state index in [9.17, 15) is 8.78 Å². The van der Waals surface area contributed by atoms with Gasteiger partial charge in [-0.3, -0.25) is 0 Å². The van der Waals surface area contributed by atoms with Gasteiger partial charge in [0.25, 0.3) is 0 Å². The van der Waals surface area contributed by atoms with E-state index in [2.05, 4.69) is 34.7 Å². The van der Waals surface area contributed by atoms with Crippen molar-refractivity contribution in [2.75, 3.05) is 0 Å².